The van der Waals surface area contributed by atoms with Gasteiger partial charge in [-0.1, -0.05) is 6.07 Å². The van der Waals surface area contributed by atoms with Gasteiger partial charge in [0.15, 0.2) is 0 Å². The first-order chi connectivity index (χ1) is 8.83. The monoisotopic (exact) mass is 247 g/mol. The second-order valence-electron chi connectivity index (χ2n) is 4.80. The minimum atomic E-state index is 0.0138. The Morgan fingerprint density at radius 3 is 3.00 bits per heavy atom. The van der Waals surface area contributed by atoms with E-state index in [0.29, 0.717) is 13.1 Å². The van der Waals surface area contributed by atoms with Crippen LogP contribution in [0.5, 0.6) is 0 Å². The van der Waals surface area contributed by atoms with Crippen LogP contribution in [-0.4, -0.2) is 35.2 Å². The van der Waals surface area contributed by atoms with Crippen LogP contribution in [-0.2, 0) is 17.8 Å². The van der Waals surface area contributed by atoms with E-state index in [1.807, 2.05) is 17.0 Å². The lowest BCUT2D eigenvalue weighted by Crippen LogP contribution is -2.44. The first-order valence-electron chi connectivity index (χ1n) is 6.39. The molecule has 5 nitrogen and oxygen atoms in total. The molecule has 1 fully saturated rings. The second-order valence-corrected chi connectivity index (χ2v) is 4.80. The maximum absolute atomic E-state index is 12.1. The highest BCUT2D eigenvalue weighted by Crippen LogP contribution is 2.20. The van der Waals surface area contributed by atoms with E-state index < -0.39 is 0 Å². The SMILES string of the molecule is O=C(NC1CCOCC1)N1Cc2cccnc2C1. The van der Waals surface area contributed by atoms with E-state index in [1.165, 1.54) is 0 Å². The van der Waals surface area contributed by atoms with Gasteiger partial charge in [-0.3, -0.25) is 4.98 Å². The van der Waals surface area contributed by atoms with Crippen molar-refractivity contribution < 1.29 is 9.53 Å². The van der Waals surface area contributed by atoms with Crippen LogP contribution in [0.25, 0.3) is 0 Å². The zero-order valence-corrected chi connectivity index (χ0v) is 10.3. The normalized spacial score (nSPS) is 19.7. The molecule has 0 saturated carbocycles. The number of hydrogen-bond donors (Lipinski definition) is 1. The van der Waals surface area contributed by atoms with Crippen LogP contribution in [0, 0.1) is 0 Å². The fourth-order valence-corrected chi connectivity index (χ4v) is 2.45. The third-order valence-electron chi connectivity index (χ3n) is 3.52. The maximum Gasteiger partial charge on any atom is 0.318 e. The molecule has 0 atom stereocenters. The number of rotatable bonds is 1. The summed E-state index contributed by atoms with van der Waals surface area (Å²) in [4.78, 5) is 18.2. The zero-order chi connectivity index (χ0) is 12.4. The van der Waals surface area contributed by atoms with Crippen molar-refractivity contribution in [1.29, 1.82) is 0 Å². The predicted octanol–water partition coefficient (Wildman–Crippen LogP) is 1.29. The van der Waals surface area contributed by atoms with Gasteiger partial charge in [-0.05, 0) is 24.5 Å². The molecule has 0 aliphatic carbocycles. The van der Waals surface area contributed by atoms with Gasteiger partial charge in [0.1, 0.15) is 0 Å². The first-order valence-corrected chi connectivity index (χ1v) is 6.39. The predicted molar refractivity (Wildman–Crippen MR) is 65.9 cm³/mol. The van der Waals surface area contributed by atoms with Crippen LogP contribution in [0.15, 0.2) is 18.3 Å². The molecule has 0 unspecified atom stereocenters. The second kappa shape index (κ2) is 4.94. The Balaban J connectivity index is 1.58. The summed E-state index contributed by atoms with van der Waals surface area (Å²) in [6.07, 6.45) is 3.59. The van der Waals surface area contributed by atoms with Crippen LogP contribution in [0.1, 0.15) is 24.1 Å². The lowest BCUT2D eigenvalue weighted by Gasteiger charge is -2.25. The first kappa shape index (κ1) is 11.5. The molecule has 0 radical (unpaired) electrons. The van der Waals surface area contributed by atoms with E-state index in [9.17, 15) is 4.79 Å². The van der Waals surface area contributed by atoms with Gasteiger partial charge in [-0.2, -0.15) is 0 Å². The standard InChI is InChI=1S/C13H17N3O2/c17-13(15-11-3-6-18-7-4-11)16-8-10-2-1-5-14-12(10)9-16/h1-2,5,11H,3-4,6-9H2,(H,15,17). The molecular weight excluding hydrogens is 230 g/mol. The minimum absolute atomic E-state index is 0.0138. The molecule has 18 heavy (non-hydrogen) atoms. The van der Waals surface area contributed by atoms with Crippen LogP contribution in [0.2, 0.25) is 0 Å². The average molecular weight is 247 g/mol. The van der Waals surface area contributed by atoms with Crippen molar-refractivity contribution >= 4 is 6.03 Å². The molecule has 0 bridgehead atoms. The molecule has 1 saturated heterocycles. The summed E-state index contributed by atoms with van der Waals surface area (Å²) in [6.45, 7) is 2.77. The van der Waals surface area contributed by atoms with Crippen LogP contribution >= 0.6 is 0 Å². The number of aromatic nitrogens is 1. The number of ether oxygens (including phenoxy) is 1. The van der Waals surface area contributed by atoms with Gasteiger partial charge in [0.25, 0.3) is 0 Å². The topological polar surface area (TPSA) is 54.5 Å². The lowest BCUT2D eigenvalue weighted by molar-refractivity contribution is 0.0780. The molecule has 2 aliphatic heterocycles. The minimum Gasteiger partial charge on any atom is -0.381 e. The third kappa shape index (κ3) is 2.31. The van der Waals surface area contributed by atoms with Crippen LogP contribution < -0.4 is 5.32 Å². The van der Waals surface area contributed by atoms with Crippen molar-refractivity contribution in [3.8, 4) is 0 Å². The number of carbonyl (C=O) groups is 1. The molecule has 3 rings (SSSR count). The number of nitrogens with one attached hydrogen (secondary N) is 1. The quantitative estimate of drug-likeness (QED) is 0.813. The molecule has 1 aromatic heterocycles. The Labute approximate surface area is 106 Å². The summed E-state index contributed by atoms with van der Waals surface area (Å²) < 4.78 is 5.28. The van der Waals surface area contributed by atoms with Gasteiger partial charge in [-0.15, -0.1) is 0 Å². The molecular formula is C13H17N3O2. The zero-order valence-electron chi connectivity index (χ0n) is 10.3. The van der Waals surface area contributed by atoms with Crippen molar-refractivity contribution in [2.24, 2.45) is 0 Å². The summed E-state index contributed by atoms with van der Waals surface area (Å²) in [5, 5.41) is 3.07. The molecule has 1 N–H and O–H groups in total. The Morgan fingerprint density at radius 1 is 1.39 bits per heavy atom. The van der Waals surface area contributed by atoms with Crippen molar-refractivity contribution in [1.82, 2.24) is 15.2 Å². The van der Waals surface area contributed by atoms with Gasteiger partial charge in [0.2, 0.25) is 0 Å². The fourth-order valence-electron chi connectivity index (χ4n) is 2.45. The maximum atomic E-state index is 12.1. The van der Waals surface area contributed by atoms with E-state index in [-0.39, 0.29) is 12.1 Å². The highest BCUT2D eigenvalue weighted by Gasteiger charge is 2.26. The molecule has 3 heterocycles. The number of hydrogen-bond acceptors (Lipinski definition) is 3. The lowest BCUT2D eigenvalue weighted by atomic mass is 10.1. The largest absolute Gasteiger partial charge is 0.381 e. The van der Waals surface area contributed by atoms with Crippen molar-refractivity contribution in [3.63, 3.8) is 0 Å². The summed E-state index contributed by atoms with van der Waals surface area (Å²) in [5.74, 6) is 0. The number of pyridine rings is 1. The Hall–Kier alpha value is -1.62. The van der Waals surface area contributed by atoms with Crippen molar-refractivity contribution in [2.45, 2.75) is 32.0 Å². The highest BCUT2D eigenvalue weighted by atomic mass is 16.5. The van der Waals surface area contributed by atoms with Gasteiger partial charge in [0.05, 0.1) is 12.2 Å². The van der Waals surface area contributed by atoms with Gasteiger partial charge in [-0.25, -0.2) is 4.79 Å². The highest BCUT2D eigenvalue weighted by molar-refractivity contribution is 5.75. The van der Waals surface area contributed by atoms with Gasteiger partial charge < -0.3 is 15.0 Å². The van der Waals surface area contributed by atoms with Crippen LogP contribution in [0.4, 0.5) is 4.79 Å². The molecule has 2 amide bonds. The average Bonchev–Trinajstić information content (AvgIpc) is 2.84. The number of carbonyl (C=O) groups excluding carboxylic acids is 1. The number of fused-ring (bicyclic) bond motifs is 1. The molecule has 1 aromatic rings. The summed E-state index contributed by atoms with van der Waals surface area (Å²) in [7, 11) is 0. The molecule has 5 heteroatoms. The van der Waals surface area contributed by atoms with Crippen molar-refractivity contribution in [3.05, 3.63) is 29.6 Å². The summed E-state index contributed by atoms with van der Waals surface area (Å²) in [6, 6.07) is 4.21. The Kier molecular flexibility index (Phi) is 3.15. The summed E-state index contributed by atoms with van der Waals surface area (Å²) in [5.41, 5.74) is 2.17. The van der Waals surface area contributed by atoms with Gasteiger partial charge in [0, 0.05) is 32.0 Å². The Bertz CT molecular complexity index is 419. The van der Waals surface area contributed by atoms with E-state index in [2.05, 4.69) is 10.3 Å². The number of urea groups is 1. The van der Waals surface area contributed by atoms with Crippen molar-refractivity contribution in [2.75, 3.05) is 13.2 Å². The van der Waals surface area contributed by atoms with E-state index in [0.717, 1.165) is 37.3 Å². The molecule has 96 valence electrons. The Morgan fingerprint density at radius 2 is 2.22 bits per heavy atom. The number of nitrogens with zero attached hydrogens (tertiary/aromatic N) is 2. The molecule has 0 spiro atoms. The summed E-state index contributed by atoms with van der Waals surface area (Å²) >= 11 is 0. The number of amides is 2. The third-order valence-corrected chi connectivity index (χ3v) is 3.52. The van der Waals surface area contributed by atoms with E-state index >= 15 is 0 Å². The smallest absolute Gasteiger partial charge is 0.318 e. The molecule has 0 aromatic carbocycles. The fraction of sp³-hybridized carbons (Fsp3) is 0.538. The van der Waals surface area contributed by atoms with Crippen LogP contribution in [0.3, 0.4) is 0 Å². The van der Waals surface area contributed by atoms with E-state index in [4.69, 9.17) is 4.74 Å². The van der Waals surface area contributed by atoms with Gasteiger partial charge >= 0.3 is 6.03 Å². The molecule has 2 aliphatic rings. The van der Waals surface area contributed by atoms with E-state index in [1.54, 1.807) is 6.20 Å².